The lowest BCUT2D eigenvalue weighted by atomic mass is 9.53. The van der Waals surface area contributed by atoms with E-state index in [0.29, 0.717) is 41.6 Å². The summed E-state index contributed by atoms with van der Waals surface area (Å²) in [4.78, 5) is 95.9. The molecule has 0 amide bonds. The molecule has 0 aromatic heterocycles. The van der Waals surface area contributed by atoms with Crippen molar-refractivity contribution in [3.63, 3.8) is 0 Å². The highest BCUT2D eigenvalue weighted by atomic mass is 16.6. The number of ketones is 3. The van der Waals surface area contributed by atoms with Crippen LogP contribution in [-0.2, 0) is 62.0 Å². The molecular formula is C55H68N2O15. The van der Waals surface area contributed by atoms with E-state index in [0.717, 1.165) is 70.3 Å². The highest BCUT2D eigenvalue weighted by Crippen LogP contribution is 2.65. The van der Waals surface area contributed by atoms with Crippen molar-refractivity contribution >= 4 is 41.2 Å². The Kier molecular flexibility index (Phi) is 13.2. The van der Waals surface area contributed by atoms with E-state index >= 15 is 0 Å². The highest BCUT2D eigenvalue weighted by molar-refractivity contribution is 6.14. The van der Waals surface area contributed by atoms with Crippen molar-refractivity contribution in [2.45, 2.75) is 130 Å². The quantitative estimate of drug-likeness (QED) is 0.121. The van der Waals surface area contributed by atoms with E-state index in [-0.39, 0.29) is 53.6 Å². The second-order valence-corrected chi connectivity index (χ2v) is 22.1. The number of hydrogen-bond donors (Lipinski definition) is 2. The monoisotopic (exact) mass is 996 g/mol. The maximum absolute atomic E-state index is 14.0. The summed E-state index contributed by atoms with van der Waals surface area (Å²) in [6.07, 6.45) is 6.99. The van der Waals surface area contributed by atoms with Crippen LogP contribution < -0.4 is 0 Å². The number of hydrogen-bond acceptors (Lipinski definition) is 17. The summed E-state index contributed by atoms with van der Waals surface area (Å²) >= 11 is 0. The van der Waals surface area contributed by atoms with Crippen molar-refractivity contribution in [3.8, 4) is 0 Å². The van der Waals surface area contributed by atoms with Gasteiger partial charge in [-0.15, -0.1) is 0 Å². The van der Waals surface area contributed by atoms with E-state index in [4.69, 9.17) is 28.4 Å². The third-order valence-corrected chi connectivity index (χ3v) is 18.0. The number of nitrogens with zero attached hydrogens (tertiary/aromatic N) is 2. The van der Waals surface area contributed by atoms with Crippen LogP contribution in [0.3, 0.4) is 0 Å². The smallest absolute Gasteiger partial charge is 0.340 e. The van der Waals surface area contributed by atoms with Crippen LogP contribution in [0.15, 0.2) is 80.7 Å². The van der Waals surface area contributed by atoms with Crippen LogP contribution >= 0.6 is 0 Å². The molecule has 10 aliphatic rings. The van der Waals surface area contributed by atoms with Crippen molar-refractivity contribution in [3.05, 3.63) is 80.7 Å². The fraction of sp³-hybridized carbons (Fsp3) is 0.618. The molecular weight excluding hydrogens is 929 g/mol. The Morgan fingerprint density at radius 2 is 1.04 bits per heavy atom. The Hall–Kier alpha value is -5.81. The van der Waals surface area contributed by atoms with E-state index in [2.05, 4.69) is 13.5 Å². The van der Waals surface area contributed by atoms with Gasteiger partial charge in [-0.05, 0) is 87.7 Å². The van der Waals surface area contributed by atoms with Gasteiger partial charge in [0.25, 0.3) is 0 Å². The van der Waals surface area contributed by atoms with Gasteiger partial charge in [-0.3, -0.25) is 24.0 Å². The number of methoxy groups -OCH3 is 2. The van der Waals surface area contributed by atoms with Crippen LogP contribution in [0.4, 0.5) is 0 Å². The van der Waals surface area contributed by atoms with Gasteiger partial charge in [0, 0.05) is 113 Å². The predicted octanol–water partition coefficient (Wildman–Crippen LogP) is 6.10. The number of esters is 4. The van der Waals surface area contributed by atoms with Crippen molar-refractivity contribution in [2.24, 2.45) is 33.5 Å². The molecule has 4 saturated heterocycles. The first-order valence-electron chi connectivity index (χ1n) is 25.4. The maximum atomic E-state index is 14.0. The number of cyclic esters (lactones) is 2. The molecule has 6 fully saturated rings. The number of aliphatic hydroxyl groups excluding tert-OH is 2. The second-order valence-electron chi connectivity index (χ2n) is 22.1. The number of carbonyl (C=O) groups excluding carboxylic acids is 7. The van der Waals surface area contributed by atoms with Crippen molar-refractivity contribution in [1.82, 2.24) is 9.80 Å². The Morgan fingerprint density at radius 3 is 1.44 bits per heavy atom. The lowest BCUT2D eigenvalue weighted by Gasteiger charge is -2.53. The molecule has 0 aromatic rings. The number of ether oxygens (including phenoxy) is 6. The molecule has 17 heteroatoms. The van der Waals surface area contributed by atoms with E-state index in [9.17, 15) is 43.8 Å². The van der Waals surface area contributed by atoms with Gasteiger partial charge < -0.3 is 48.4 Å². The number of Topliss-reactive ketones (excluding diaryl/α,β-unsaturated/α-hetero) is 3. The number of aliphatic hydroxyl groups is 2. The number of fused-ring (bicyclic) bond motifs is 8. The van der Waals surface area contributed by atoms with Gasteiger partial charge in [0.1, 0.15) is 30.2 Å². The molecule has 2 N–H and O–H groups in total. The fourth-order valence-corrected chi connectivity index (χ4v) is 14.4. The molecule has 72 heavy (non-hydrogen) atoms. The minimum atomic E-state index is -1.20. The topological polar surface area (TPSA) is 222 Å². The van der Waals surface area contributed by atoms with Gasteiger partial charge in [0.2, 0.25) is 11.6 Å². The molecule has 0 radical (unpaired) electrons. The highest BCUT2D eigenvalue weighted by Gasteiger charge is 2.66. The van der Waals surface area contributed by atoms with Crippen LogP contribution in [0.5, 0.6) is 0 Å². The Labute approximate surface area is 419 Å². The second kappa shape index (κ2) is 18.6. The standard InChI is InChI=1S/C28H35NO7.C27H33NO8/c1-15-8-9-18-21-23(19(35-16(2)30)12-27(15,18)3)28(4)20(14-34-5)36-26(33)17(13-29-10-6-7-11-29)22(28)25(32)24(21)31;1-14(29)35-17-11-26(2)16(7-8-18(26)30)20-22(17)27(3)19(13-34-4)36-25(33)15(12-28-9-5-6-10-28)21(27)24(32)23(20)31/h13,18-20,32H,1,6-12,14H2,2-5H3;12,16-17,19,32H,5-11,13H2,1-4H3/b17-13+;15-12-/t18?,19?,20?,27-,28+;16?,17?,19?,26-,27-/m10/s1. The molecule has 17 nitrogen and oxygen atoms in total. The Bertz CT molecular complexity index is 2460. The van der Waals surface area contributed by atoms with E-state index in [1.54, 1.807) is 12.4 Å². The lowest BCUT2D eigenvalue weighted by molar-refractivity contribution is -0.160. The number of rotatable bonds is 8. The summed E-state index contributed by atoms with van der Waals surface area (Å²) in [6.45, 7) is 17.6. The fourth-order valence-electron chi connectivity index (χ4n) is 14.4. The first-order valence-corrected chi connectivity index (χ1v) is 25.4. The maximum Gasteiger partial charge on any atom is 0.340 e. The van der Waals surface area contributed by atoms with Crippen molar-refractivity contribution in [1.29, 1.82) is 0 Å². The SMILES string of the molecule is C=C1CCC2C3=C(C(OC(C)=O)C[C@]12C)[C@]1(C)C(=C(O)C3=O)/C(=C\N2CCCC2)C(=O)OC1COC.COCC1OC(=O)/C(=C\N2CCCC2)C2=C(O)C(=O)C3=C(C(OC(C)=O)C[C@]4(C)C(=O)CCC34)[C@]21C. The molecule has 0 bridgehead atoms. The molecule has 2 saturated carbocycles. The van der Waals surface area contributed by atoms with Crippen molar-refractivity contribution in [2.75, 3.05) is 53.6 Å². The van der Waals surface area contributed by atoms with Crippen LogP contribution in [0.25, 0.3) is 0 Å². The zero-order valence-corrected chi connectivity index (χ0v) is 42.7. The first kappa shape index (κ1) is 51.1. The van der Waals surface area contributed by atoms with Gasteiger partial charge in [0.05, 0.1) is 35.2 Å². The number of allylic oxidation sites excluding steroid dienone is 3. The Balaban J connectivity index is 0.000000178. The molecule has 10 rings (SSSR count). The summed E-state index contributed by atoms with van der Waals surface area (Å²) in [7, 11) is 3.00. The molecule has 6 aliphatic carbocycles. The van der Waals surface area contributed by atoms with Crippen LogP contribution in [-0.4, -0.2) is 139 Å². The van der Waals surface area contributed by atoms with Gasteiger partial charge in [-0.1, -0.05) is 26.0 Å². The summed E-state index contributed by atoms with van der Waals surface area (Å²) < 4.78 is 34.4. The molecule has 0 spiro atoms. The minimum absolute atomic E-state index is 0.00857. The van der Waals surface area contributed by atoms with Gasteiger partial charge in [-0.25, -0.2) is 9.59 Å². The third kappa shape index (κ3) is 7.72. The van der Waals surface area contributed by atoms with Gasteiger partial charge in [0.15, 0.2) is 11.5 Å². The van der Waals surface area contributed by atoms with Gasteiger partial charge >= 0.3 is 23.9 Å². The van der Waals surface area contributed by atoms with E-state index in [1.807, 2.05) is 30.6 Å². The largest absolute Gasteiger partial charge is 0.504 e. The molecule has 4 heterocycles. The van der Waals surface area contributed by atoms with Crippen LogP contribution in [0.1, 0.15) is 106 Å². The molecule has 10 atom stereocenters. The summed E-state index contributed by atoms with van der Waals surface area (Å²) in [5.74, 6) is -4.87. The Morgan fingerprint density at radius 1 is 0.653 bits per heavy atom. The molecule has 4 aliphatic heterocycles. The zero-order valence-electron chi connectivity index (χ0n) is 42.7. The lowest BCUT2D eigenvalue weighted by Crippen LogP contribution is -2.57. The third-order valence-electron chi connectivity index (χ3n) is 18.0. The van der Waals surface area contributed by atoms with E-state index in [1.165, 1.54) is 28.1 Å². The summed E-state index contributed by atoms with van der Waals surface area (Å²) in [6, 6.07) is 0. The zero-order chi connectivity index (χ0) is 52.0. The van der Waals surface area contributed by atoms with Crippen molar-refractivity contribution < 1.29 is 72.2 Å². The van der Waals surface area contributed by atoms with Gasteiger partial charge in [-0.2, -0.15) is 0 Å². The number of carbonyl (C=O) groups is 7. The van der Waals surface area contributed by atoms with Crippen LogP contribution in [0.2, 0.25) is 0 Å². The first-order chi connectivity index (χ1) is 34.1. The normalized spacial score (nSPS) is 37.2. The summed E-state index contributed by atoms with van der Waals surface area (Å²) in [5.41, 5.74) is 0.00108. The summed E-state index contributed by atoms with van der Waals surface area (Å²) in [5, 5.41) is 23.0. The average Bonchev–Trinajstić information content (AvgIpc) is 4.14. The van der Waals surface area contributed by atoms with Crippen LogP contribution in [0, 0.1) is 33.5 Å². The molecule has 0 aromatic carbocycles. The van der Waals surface area contributed by atoms with E-state index < -0.39 is 99.0 Å². The molecule has 388 valence electrons. The number of likely N-dealkylation sites (tertiary alicyclic amines) is 2. The predicted molar refractivity (Wildman–Crippen MR) is 257 cm³/mol. The average molecular weight is 997 g/mol. The minimum Gasteiger partial charge on any atom is -0.504 e. The molecule has 6 unspecified atom stereocenters.